The molecule has 1 aliphatic heterocycles. The molecule has 0 aliphatic carbocycles. The first kappa shape index (κ1) is 15.6. The van der Waals surface area contributed by atoms with Gasteiger partial charge in [0.05, 0.1) is 4.88 Å². The number of hydrogen-bond donors (Lipinski definition) is 2. The van der Waals surface area contributed by atoms with Crippen LogP contribution in [-0.2, 0) is 11.4 Å². The Morgan fingerprint density at radius 2 is 2.17 bits per heavy atom. The minimum absolute atomic E-state index is 0.0441. The Morgan fingerprint density at radius 1 is 1.39 bits per heavy atom. The van der Waals surface area contributed by atoms with Crippen LogP contribution in [0.25, 0.3) is 10.4 Å². The summed E-state index contributed by atoms with van der Waals surface area (Å²) < 4.78 is 5.69. The summed E-state index contributed by atoms with van der Waals surface area (Å²) in [6, 6.07) is 9.64. The largest absolute Gasteiger partial charge is 0.488 e. The quantitative estimate of drug-likeness (QED) is 0.882. The van der Waals surface area contributed by atoms with E-state index in [1.807, 2.05) is 30.3 Å². The van der Waals surface area contributed by atoms with Crippen LogP contribution in [0, 0.1) is 5.92 Å². The van der Waals surface area contributed by atoms with Crippen molar-refractivity contribution in [3.8, 4) is 16.2 Å². The summed E-state index contributed by atoms with van der Waals surface area (Å²) in [4.78, 5) is 24.6. The summed E-state index contributed by atoms with van der Waals surface area (Å²) >= 11 is 1.44. The molecule has 1 aromatic heterocycles. The fraction of sp³-hybridized carbons (Fsp3) is 0.294. The van der Waals surface area contributed by atoms with Gasteiger partial charge in [0.2, 0.25) is 0 Å². The van der Waals surface area contributed by atoms with E-state index in [0.29, 0.717) is 18.0 Å². The minimum Gasteiger partial charge on any atom is -0.488 e. The Kier molecular flexibility index (Phi) is 4.34. The first-order chi connectivity index (χ1) is 11.0. The molecule has 3 rings (SSSR count). The van der Waals surface area contributed by atoms with Gasteiger partial charge in [-0.1, -0.05) is 19.1 Å². The lowest BCUT2D eigenvalue weighted by atomic mass is 10.1. The summed E-state index contributed by atoms with van der Waals surface area (Å²) in [6.45, 7) is 2.62. The zero-order chi connectivity index (χ0) is 16.4. The highest BCUT2D eigenvalue weighted by atomic mass is 32.1. The molecule has 1 aliphatic rings. The number of aliphatic carboxylic acids is 1. The van der Waals surface area contributed by atoms with Crippen LogP contribution in [0.1, 0.15) is 28.6 Å². The number of amides is 1. The van der Waals surface area contributed by atoms with Gasteiger partial charge in [-0.2, -0.15) is 0 Å². The minimum atomic E-state index is -0.855. The lowest BCUT2D eigenvalue weighted by Gasteiger charge is -2.16. The van der Waals surface area contributed by atoms with Gasteiger partial charge >= 0.3 is 5.97 Å². The molecule has 0 saturated heterocycles. The molecule has 6 heteroatoms. The number of carbonyl (C=O) groups excluding carboxylic acids is 1. The number of carboxylic acid groups (broad SMARTS) is 1. The van der Waals surface area contributed by atoms with Crippen molar-refractivity contribution in [1.29, 1.82) is 0 Å². The third-order valence-corrected chi connectivity index (χ3v) is 4.89. The molecule has 2 N–H and O–H groups in total. The van der Waals surface area contributed by atoms with E-state index in [0.717, 1.165) is 21.8 Å². The maximum absolute atomic E-state index is 12.3. The zero-order valence-electron chi connectivity index (χ0n) is 12.7. The second-order valence-corrected chi connectivity index (χ2v) is 6.72. The number of para-hydroxylation sites is 1. The Balaban J connectivity index is 1.72. The van der Waals surface area contributed by atoms with Crippen molar-refractivity contribution < 1.29 is 19.4 Å². The van der Waals surface area contributed by atoms with Crippen molar-refractivity contribution in [2.24, 2.45) is 5.92 Å². The molecule has 2 aromatic rings. The van der Waals surface area contributed by atoms with Crippen LogP contribution in [-0.4, -0.2) is 23.5 Å². The maximum atomic E-state index is 12.3. The number of ether oxygens (including phenoxy) is 1. The molecule has 0 fully saturated rings. The Labute approximate surface area is 137 Å². The molecule has 0 radical (unpaired) electrons. The number of rotatable bonds is 5. The highest BCUT2D eigenvalue weighted by Gasteiger charge is 2.22. The van der Waals surface area contributed by atoms with Crippen LogP contribution in [0.5, 0.6) is 5.75 Å². The van der Waals surface area contributed by atoms with Crippen molar-refractivity contribution in [2.45, 2.75) is 20.0 Å². The van der Waals surface area contributed by atoms with Crippen LogP contribution in [0.15, 0.2) is 30.3 Å². The molecule has 1 amide bonds. The highest BCUT2D eigenvalue weighted by Crippen LogP contribution is 2.42. The smallest absolute Gasteiger partial charge is 0.303 e. The van der Waals surface area contributed by atoms with Gasteiger partial charge in [-0.05, 0) is 24.1 Å². The number of thiophene rings is 1. The maximum Gasteiger partial charge on any atom is 0.303 e. The van der Waals surface area contributed by atoms with Crippen molar-refractivity contribution in [1.82, 2.24) is 5.32 Å². The molecule has 0 bridgehead atoms. The predicted octanol–water partition coefficient (Wildman–Crippen LogP) is 3.15. The second-order valence-electron chi connectivity index (χ2n) is 5.66. The van der Waals surface area contributed by atoms with E-state index in [9.17, 15) is 9.59 Å². The topological polar surface area (TPSA) is 75.6 Å². The van der Waals surface area contributed by atoms with Crippen molar-refractivity contribution in [2.75, 3.05) is 6.54 Å². The van der Waals surface area contributed by atoms with Gasteiger partial charge in [-0.3, -0.25) is 9.59 Å². The monoisotopic (exact) mass is 331 g/mol. The summed E-state index contributed by atoms with van der Waals surface area (Å²) in [5.74, 6) is -0.287. The number of nitrogens with one attached hydrogen (secondary N) is 1. The van der Waals surface area contributed by atoms with Gasteiger partial charge in [0, 0.05) is 29.0 Å². The Hall–Kier alpha value is -2.34. The molecule has 120 valence electrons. The van der Waals surface area contributed by atoms with Crippen LogP contribution >= 0.6 is 11.3 Å². The predicted molar refractivity (Wildman–Crippen MR) is 87.8 cm³/mol. The highest BCUT2D eigenvalue weighted by molar-refractivity contribution is 7.17. The molecule has 1 atom stereocenters. The van der Waals surface area contributed by atoms with E-state index >= 15 is 0 Å². The van der Waals surface area contributed by atoms with Crippen LogP contribution in [0.2, 0.25) is 0 Å². The molecule has 1 aromatic carbocycles. The molecule has 23 heavy (non-hydrogen) atoms. The molecule has 2 heterocycles. The average Bonchev–Trinajstić information content (AvgIpc) is 2.96. The van der Waals surface area contributed by atoms with Gasteiger partial charge in [0.15, 0.2) is 0 Å². The Bertz CT molecular complexity index is 753. The third kappa shape index (κ3) is 3.37. The molecule has 0 spiro atoms. The normalized spacial score (nSPS) is 13.4. The van der Waals surface area contributed by atoms with E-state index in [4.69, 9.17) is 9.84 Å². The number of benzene rings is 1. The van der Waals surface area contributed by atoms with Crippen molar-refractivity contribution >= 4 is 23.2 Å². The lowest BCUT2D eigenvalue weighted by molar-refractivity contribution is -0.137. The summed E-state index contributed by atoms with van der Waals surface area (Å²) in [6.07, 6.45) is 0.0441. The average molecular weight is 331 g/mol. The first-order valence-corrected chi connectivity index (χ1v) is 8.21. The van der Waals surface area contributed by atoms with Crippen LogP contribution < -0.4 is 10.1 Å². The van der Waals surface area contributed by atoms with Gasteiger partial charge in [-0.15, -0.1) is 11.3 Å². The SMILES string of the molecule is CC(CNC(=O)c1cc2c(s1)-c1ccccc1OC2)CC(=O)O. The van der Waals surface area contributed by atoms with E-state index in [1.165, 1.54) is 11.3 Å². The molecule has 1 unspecified atom stereocenters. The van der Waals surface area contributed by atoms with E-state index in [1.54, 1.807) is 6.92 Å². The van der Waals surface area contributed by atoms with Crippen LogP contribution in [0.3, 0.4) is 0 Å². The number of carboxylic acids is 1. The van der Waals surface area contributed by atoms with Crippen molar-refractivity contribution in [3.63, 3.8) is 0 Å². The molecule has 0 saturated carbocycles. The van der Waals surface area contributed by atoms with Crippen molar-refractivity contribution in [3.05, 3.63) is 40.8 Å². The standard InChI is InChI=1S/C17H17NO4S/c1-10(6-15(19)20)8-18-17(21)14-7-11-9-22-13-5-3-2-4-12(13)16(11)23-14/h2-5,7,10H,6,8-9H2,1H3,(H,18,21)(H,19,20). The molecule has 5 nitrogen and oxygen atoms in total. The number of fused-ring (bicyclic) bond motifs is 3. The number of carbonyl (C=O) groups is 2. The van der Waals surface area contributed by atoms with Crippen LogP contribution in [0.4, 0.5) is 0 Å². The summed E-state index contributed by atoms with van der Waals surface area (Å²) in [7, 11) is 0. The van der Waals surface area contributed by atoms with Gasteiger partial charge < -0.3 is 15.2 Å². The van der Waals surface area contributed by atoms with E-state index in [2.05, 4.69) is 5.32 Å². The second kappa shape index (κ2) is 6.42. The molecular weight excluding hydrogens is 314 g/mol. The number of hydrogen-bond acceptors (Lipinski definition) is 4. The van der Waals surface area contributed by atoms with E-state index < -0.39 is 5.97 Å². The van der Waals surface area contributed by atoms with Gasteiger partial charge in [0.1, 0.15) is 12.4 Å². The third-order valence-electron chi connectivity index (χ3n) is 3.68. The fourth-order valence-corrected chi connectivity index (χ4v) is 3.65. The summed E-state index contributed by atoms with van der Waals surface area (Å²) in [5.41, 5.74) is 2.02. The van der Waals surface area contributed by atoms with Gasteiger partial charge in [0.25, 0.3) is 5.91 Å². The zero-order valence-corrected chi connectivity index (χ0v) is 13.5. The molecular formula is C17H17NO4S. The van der Waals surface area contributed by atoms with E-state index in [-0.39, 0.29) is 18.2 Å². The fourth-order valence-electron chi connectivity index (χ4n) is 2.54. The lowest BCUT2D eigenvalue weighted by Crippen LogP contribution is -2.28. The van der Waals surface area contributed by atoms with Gasteiger partial charge in [-0.25, -0.2) is 0 Å². The summed E-state index contributed by atoms with van der Waals surface area (Å²) in [5, 5.41) is 11.5. The first-order valence-electron chi connectivity index (χ1n) is 7.39. The Morgan fingerprint density at radius 3 is 2.96 bits per heavy atom.